The second-order valence-corrected chi connectivity index (χ2v) is 5.10. The molecule has 20 heavy (non-hydrogen) atoms. The van der Waals surface area contributed by atoms with Crippen LogP contribution in [0.15, 0.2) is 53.4 Å². The molecule has 2 N–H and O–H groups in total. The van der Waals surface area contributed by atoms with Crippen molar-refractivity contribution in [3.05, 3.63) is 53.6 Å². The van der Waals surface area contributed by atoms with E-state index in [1.54, 1.807) is 48.5 Å². The first-order valence-electron chi connectivity index (χ1n) is 5.67. The van der Waals surface area contributed by atoms with E-state index < -0.39 is 0 Å². The van der Waals surface area contributed by atoms with Crippen molar-refractivity contribution in [2.75, 3.05) is 10.6 Å². The number of nitriles is 1. The first-order chi connectivity index (χ1) is 9.67. The zero-order valence-corrected chi connectivity index (χ0v) is 11.8. The molecule has 2 amide bonds. The molecule has 0 saturated carbocycles. The summed E-state index contributed by atoms with van der Waals surface area (Å²) in [5, 5.41) is 16.5. The van der Waals surface area contributed by atoms with Gasteiger partial charge in [0.2, 0.25) is 0 Å². The summed E-state index contributed by atoms with van der Waals surface area (Å²) in [7, 11) is 0. The van der Waals surface area contributed by atoms with E-state index in [0.29, 0.717) is 16.4 Å². The number of carbonyl (C=O) groups excluding carboxylic acids is 1. The van der Waals surface area contributed by atoms with Gasteiger partial charge in [-0.1, -0.05) is 17.7 Å². The second kappa shape index (κ2) is 6.85. The Bertz CT molecular complexity index is 652. The Morgan fingerprint density at radius 2 is 1.80 bits per heavy atom. The maximum atomic E-state index is 11.8. The molecule has 0 aliphatic heterocycles. The lowest BCUT2D eigenvalue weighted by Gasteiger charge is -2.08. The monoisotopic (exact) mass is 303 g/mol. The smallest absolute Gasteiger partial charge is 0.308 e. The van der Waals surface area contributed by atoms with Crippen LogP contribution in [0.1, 0.15) is 0 Å². The number of nitrogens with one attached hydrogen (secondary N) is 2. The van der Waals surface area contributed by atoms with E-state index >= 15 is 0 Å². The molecule has 100 valence electrons. The number of urea groups is 1. The highest BCUT2D eigenvalue weighted by atomic mass is 35.5. The highest BCUT2D eigenvalue weighted by molar-refractivity contribution is 8.03. The highest BCUT2D eigenvalue weighted by Gasteiger charge is 2.03. The summed E-state index contributed by atoms with van der Waals surface area (Å²) in [4.78, 5) is 12.6. The average Bonchev–Trinajstić information content (AvgIpc) is 2.41. The van der Waals surface area contributed by atoms with Crippen LogP contribution in [0.2, 0.25) is 5.02 Å². The van der Waals surface area contributed by atoms with Gasteiger partial charge in [-0.2, -0.15) is 5.26 Å². The Balaban J connectivity index is 1.96. The number of hydrogen-bond acceptors (Lipinski definition) is 3. The van der Waals surface area contributed by atoms with Gasteiger partial charge in [0.15, 0.2) is 0 Å². The largest absolute Gasteiger partial charge is 0.323 e. The van der Waals surface area contributed by atoms with E-state index in [-0.39, 0.29) is 6.03 Å². The van der Waals surface area contributed by atoms with Crippen LogP contribution in [0.25, 0.3) is 0 Å². The third kappa shape index (κ3) is 4.19. The molecule has 6 heteroatoms. The Labute approximate surface area is 125 Å². The molecule has 2 rings (SSSR count). The molecule has 2 aromatic rings. The molecule has 2 aromatic carbocycles. The van der Waals surface area contributed by atoms with Crippen molar-refractivity contribution in [1.29, 1.82) is 5.26 Å². The van der Waals surface area contributed by atoms with Crippen LogP contribution in [0.5, 0.6) is 0 Å². The summed E-state index contributed by atoms with van der Waals surface area (Å²) in [6, 6.07) is 13.5. The molecule has 0 bridgehead atoms. The maximum Gasteiger partial charge on any atom is 0.323 e. The minimum absolute atomic E-state index is 0.354. The third-order valence-corrected chi connectivity index (χ3v) is 3.19. The fourth-order valence-electron chi connectivity index (χ4n) is 1.52. The van der Waals surface area contributed by atoms with Crippen LogP contribution in [-0.2, 0) is 0 Å². The second-order valence-electron chi connectivity index (χ2n) is 3.81. The van der Waals surface area contributed by atoms with Gasteiger partial charge in [-0.3, -0.25) is 0 Å². The molecule has 0 aromatic heterocycles. The summed E-state index contributed by atoms with van der Waals surface area (Å²) in [6.45, 7) is 0. The quantitative estimate of drug-likeness (QED) is 0.645. The van der Waals surface area contributed by atoms with E-state index in [1.165, 1.54) is 0 Å². The third-order valence-electron chi connectivity index (χ3n) is 2.36. The number of nitrogens with zero attached hydrogens (tertiary/aromatic N) is 1. The minimum atomic E-state index is -0.354. The van der Waals surface area contributed by atoms with Crippen molar-refractivity contribution in [3.63, 3.8) is 0 Å². The van der Waals surface area contributed by atoms with Gasteiger partial charge < -0.3 is 10.6 Å². The Morgan fingerprint density at radius 3 is 2.45 bits per heavy atom. The molecule has 0 atom stereocenters. The average molecular weight is 304 g/mol. The molecule has 0 spiro atoms. The fourth-order valence-corrected chi connectivity index (χ4v) is 2.09. The van der Waals surface area contributed by atoms with Crippen molar-refractivity contribution in [2.24, 2.45) is 0 Å². The van der Waals surface area contributed by atoms with E-state index in [1.807, 2.05) is 5.40 Å². The number of amides is 2. The summed E-state index contributed by atoms with van der Waals surface area (Å²) in [6.07, 6.45) is 0. The lowest BCUT2D eigenvalue weighted by molar-refractivity contribution is 0.262. The van der Waals surface area contributed by atoms with Gasteiger partial charge in [-0.05, 0) is 54.2 Å². The van der Waals surface area contributed by atoms with Crippen LogP contribution in [0.3, 0.4) is 0 Å². The summed E-state index contributed by atoms with van der Waals surface area (Å²) < 4.78 is 0. The molecule has 0 heterocycles. The van der Waals surface area contributed by atoms with Gasteiger partial charge in [-0.25, -0.2) is 4.79 Å². The van der Waals surface area contributed by atoms with Crippen LogP contribution in [0, 0.1) is 10.7 Å². The van der Waals surface area contributed by atoms with E-state index in [9.17, 15) is 4.79 Å². The van der Waals surface area contributed by atoms with E-state index in [2.05, 4.69) is 10.6 Å². The molecule has 0 saturated heterocycles. The number of hydrogen-bond donors (Lipinski definition) is 2. The van der Waals surface area contributed by atoms with E-state index in [4.69, 9.17) is 16.9 Å². The van der Waals surface area contributed by atoms with Gasteiger partial charge in [0.25, 0.3) is 0 Å². The normalized spacial score (nSPS) is 9.60. The Hall–Kier alpha value is -2.16. The van der Waals surface area contributed by atoms with E-state index in [0.717, 1.165) is 16.7 Å². The Kier molecular flexibility index (Phi) is 4.88. The van der Waals surface area contributed by atoms with Crippen molar-refractivity contribution in [1.82, 2.24) is 0 Å². The predicted octanol–water partition coefficient (Wildman–Crippen LogP) is 4.56. The van der Waals surface area contributed by atoms with Gasteiger partial charge in [0.05, 0.1) is 0 Å². The first-order valence-corrected chi connectivity index (χ1v) is 6.86. The molecular weight excluding hydrogens is 294 g/mol. The van der Waals surface area contributed by atoms with Gasteiger partial charge in [-0.15, -0.1) is 0 Å². The van der Waals surface area contributed by atoms with Crippen LogP contribution >= 0.6 is 23.4 Å². The number of rotatable bonds is 3. The van der Waals surface area contributed by atoms with Crippen molar-refractivity contribution in [3.8, 4) is 5.40 Å². The number of thioether (sulfide) groups is 1. The summed E-state index contributed by atoms with van der Waals surface area (Å²) in [5.41, 5.74) is 1.26. The summed E-state index contributed by atoms with van der Waals surface area (Å²) in [5.74, 6) is 0. The molecule has 0 unspecified atom stereocenters. The molecule has 0 fully saturated rings. The van der Waals surface area contributed by atoms with Crippen molar-refractivity contribution >= 4 is 40.8 Å². The number of carbonyl (C=O) groups is 1. The predicted molar refractivity (Wildman–Crippen MR) is 82.0 cm³/mol. The number of benzene rings is 2. The molecule has 0 radical (unpaired) electrons. The molecule has 0 aliphatic carbocycles. The minimum Gasteiger partial charge on any atom is -0.308 e. The van der Waals surface area contributed by atoms with Crippen molar-refractivity contribution in [2.45, 2.75) is 4.90 Å². The highest BCUT2D eigenvalue weighted by Crippen LogP contribution is 2.19. The fraction of sp³-hybridized carbons (Fsp3) is 0. The first kappa shape index (κ1) is 14.3. The van der Waals surface area contributed by atoms with Gasteiger partial charge in [0.1, 0.15) is 5.40 Å². The van der Waals surface area contributed by atoms with Crippen molar-refractivity contribution < 1.29 is 4.79 Å². The zero-order valence-electron chi connectivity index (χ0n) is 10.3. The van der Waals surface area contributed by atoms with Gasteiger partial charge >= 0.3 is 6.03 Å². The maximum absolute atomic E-state index is 11.8. The SMILES string of the molecule is N#CSc1ccc(NC(=O)Nc2cccc(Cl)c2)cc1. The topological polar surface area (TPSA) is 64.9 Å². The Morgan fingerprint density at radius 1 is 1.10 bits per heavy atom. The summed E-state index contributed by atoms with van der Waals surface area (Å²) >= 11 is 6.90. The lowest BCUT2D eigenvalue weighted by Crippen LogP contribution is -2.19. The lowest BCUT2D eigenvalue weighted by atomic mass is 10.3. The standard InChI is InChI=1S/C14H10ClN3OS/c15-10-2-1-3-12(8-10)18-14(19)17-11-4-6-13(7-5-11)20-9-16/h1-8H,(H2,17,18,19). The van der Waals surface area contributed by atoms with Crippen LogP contribution in [-0.4, -0.2) is 6.03 Å². The van der Waals surface area contributed by atoms with Crippen LogP contribution < -0.4 is 10.6 Å². The van der Waals surface area contributed by atoms with Gasteiger partial charge in [0, 0.05) is 21.3 Å². The zero-order chi connectivity index (χ0) is 14.4. The van der Waals surface area contributed by atoms with Crippen LogP contribution in [0.4, 0.5) is 16.2 Å². The number of halogens is 1. The molecule has 4 nitrogen and oxygen atoms in total. The molecule has 0 aliphatic rings. The molecular formula is C14H10ClN3OS. The number of anilines is 2. The number of thiocyanates is 1.